The first kappa shape index (κ1) is 17.4. The number of carbonyl (C=O) groups excluding carboxylic acids is 2. The number of aliphatic hydroxyl groups is 1. The maximum Gasteiger partial charge on any atom is 0.249 e. The molecule has 1 atom stereocenters. The molecule has 1 heterocycles. The lowest BCUT2D eigenvalue weighted by Crippen LogP contribution is -2.41. The topological polar surface area (TPSA) is 70.1 Å². The first-order chi connectivity index (χ1) is 11.1. The first-order valence-electron chi connectivity index (χ1n) is 7.95. The Labute approximate surface area is 136 Å². The third-order valence-electron chi connectivity index (χ3n) is 3.84. The van der Waals surface area contributed by atoms with E-state index in [1.54, 1.807) is 11.8 Å². The largest absolute Gasteiger partial charge is 0.389 e. The molecule has 2 amide bonds. The van der Waals surface area contributed by atoms with Crippen LogP contribution >= 0.6 is 0 Å². The van der Waals surface area contributed by atoms with Crippen LogP contribution in [0.25, 0.3) is 0 Å². The molecule has 1 aliphatic heterocycles. The predicted molar refractivity (Wildman–Crippen MR) is 85.8 cm³/mol. The highest BCUT2D eigenvalue weighted by Crippen LogP contribution is 2.08. The summed E-state index contributed by atoms with van der Waals surface area (Å²) in [6.07, 6.45) is -0.00515. The number of rotatable bonds is 6. The highest BCUT2D eigenvalue weighted by atomic mass is 16.5. The summed E-state index contributed by atoms with van der Waals surface area (Å²) < 4.78 is 5.09. The number of hydrogen-bond donors (Lipinski definition) is 1. The van der Waals surface area contributed by atoms with Crippen LogP contribution < -0.4 is 0 Å². The Hall–Kier alpha value is -1.92. The summed E-state index contributed by atoms with van der Waals surface area (Å²) in [5, 5.41) is 10.1. The summed E-state index contributed by atoms with van der Waals surface area (Å²) in [5.41, 5.74) is 1.14. The molecule has 1 fully saturated rings. The van der Waals surface area contributed by atoms with Gasteiger partial charge in [0, 0.05) is 26.2 Å². The summed E-state index contributed by atoms with van der Waals surface area (Å²) in [5.74, 6) is -0.397. The summed E-state index contributed by atoms with van der Waals surface area (Å²) in [4.78, 5) is 27.4. The van der Waals surface area contributed by atoms with Crippen LogP contribution in [0, 0.1) is 0 Å². The Bertz CT molecular complexity index is 521. The van der Waals surface area contributed by atoms with Crippen molar-refractivity contribution >= 4 is 11.8 Å². The molecule has 1 unspecified atom stereocenters. The second-order valence-corrected chi connectivity index (χ2v) is 5.64. The van der Waals surface area contributed by atoms with E-state index in [4.69, 9.17) is 4.74 Å². The minimum Gasteiger partial charge on any atom is -0.389 e. The Morgan fingerprint density at radius 2 is 2.04 bits per heavy atom. The molecule has 1 aromatic rings. The Balaban J connectivity index is 1.93. The maximum atomic E-state index is 12.3. The van der Waals surface area contributed by atoms with Gasteiger partial charge >= 0.3 is 0 Å². The Morgan fingerprint density at radius 1 is 1.30 bits per heavy atom. The van der Waals surface area contributed by atoms with Crippen molar-refractivity contribution in [1.82, 2.24) is 9.80 Å². The van der Waals surface area contributed by atoms with Gasteiger partial charge in [0.05, 0.1) is 12.6 Å². The van der Waals surface area contributed by atoms with Gasteiger partial charge in [0.15, 0.2) is 0 Å². The molecule has 23 heavy (non-hydrogen) atoms. The van der Waals surface area contributed by atoms with E-state index in [0.29, 0.717) is 13.2 Å². The van der Waals surface area contributed by atoms with Gasteiger partial charge in [-0.1, -0.05) is 30.3 Å². The summed E-state index contributed by atoms with van der Waals surface area (Å²) >= 11 is 0. The van der Waals surface area contributed by atoms with Gasteiger partial charge in [-0.15, -0.1) is 0 Å². The molecule has 6 nitrogen and oxygen atoms in total. The van der Waals surface area contributed by atoms with Gasteiger partial charge in [0.25, 0.3) is 0 Å². The van der Waals surface area contributed by atoms with Crippen LogP contribution in [0.4, 0.5) is 0 Å². The van der Waals surface area contributed by atoms with E-state index in [1.807, 2.05) is 30.3 Å². The number of amides is 2. The molecule has 1 N–H and O–H groups in total. The lowest BCUT2D eigenvalue weighted by Gasteiger charge is -2.21. The van der Waals surface area contributed by atoms with Crippen molar-refractivity contribution in [2.24, 2.45) is 0 Å². The van der Waals surface area contributed by atoms with Crippen molar-refractivity contribution in [2.45, 2.75) is 19.4 Å². The van der Waals surface area contributed by atoms with Crippen LogP contribution in [-0.2, 0) is 20.7 Å². The second kappa shape index (κ2) is 8.64. The van der Waals surface area contributed by atoms with Crippen LogP contribution in [0.2, 0.25) is 0 Å². The summed E-state index contributed by atoms with van der Waals surface area (Å²) in [7, 11) is 0. The lowest BCUT2D eigenvalue weighted by atomic mass is 10.1. The molecule has 1 saturated heterocycles. The van der Waals surface area contributed by atoms with E-state index < -0.39 is 6.10 Å². The molecule has 0 aromatic heterocycles. The number of ether oxygens (including phenoxy) is 1. The highest BCUT2D eigenvalue weighted by molar-refractivity contribution is 5.86. The molecule has 0 bridgehead atoms. The normalized spacial score (nSPS) is 18.9. The molecule has 1 aliphatic rings. The fourth-order valence-corrected chi connectivity index (χ4v) is 2.59. The minimum absolute atomic E-state index is 0.00222. The van der Waals surface area contributed by atoms with E-state index >= 15 is 0 Å². The molecule has 0 aliphatic carbocycles. The zero-order valence-electron chi connectivity index (χ0n) is 13.5. The van der Waals surface area contributed by atoms with E-state index in [1.165, 1.54) is 4.90 Å². The quantitative estimate of drug-likeness (QED) is 0.818. The van der Waals surface area contributed by atoms with Crippen LogP contribution in [0.1, 0.15) is 12.5 Å². The number of carbonyl (C=O) groups is 2. The van der Waals surface area contributed by atoms with Crippen LogP contribution in [0.5, 0.6) is 0 Å². The molecular weight excluding hydrogens is 296 g/mol. The van der Waals surface area contributed by atoms with Gasteiger partial charge in [-0.25, -0.2) is 0 Å². The van der Waals surface area contributed by atoms with Crippen LogP contribution in [-0.4, -0.2) is 72.2 Å². The Kier molecular flexibility index (Phi) is 6.55. The molecule has 6 heteroatoms. The highest BCUT2D eigenvalue weighted by Gasteiger charge is 2.29. The van der Waals surface area contributed by atoms with Crippen molar-refractivity contribution in [2.75, 3.05) is 39.4 Å². The average molecular weight is 320 g/mol. The second-order valence-electron chi connectivity index (χ2n) is 5.64. The molecule has 0 saturated carbocycles. The smallest absolute Gasteiger partial charge is 0.249 e. The van der Waals surface area contributed by atoms with Gasteiger partial charge in [0.2, 0.25) is 11.8 Å². The SMILES string of the molecule is CCOCC(=O)N1CC(=O)N(CCc2ccccc2)CC(O)C1. The predicted octanol–water partition coefficient (Wildman–Crippen LogP) is 0.297. The van der Waals surface area contributed by atoms with Gasteiger partial charge in [-0.3, -0.25) is 9.59 Å². The van der Waals surface area contributed by atoms with Crippen LogP contribution in [0.15, 0.2) is 30.3 Å². The number of benzene rings is 1. The fourth-order valence-electron chi connectivity index (χ4n) is 2.59. The van der Waals surface area contributed by atoms with E-state index in [0.717, 1.165) is 12.0 Å². The molecule has 1 aromatic carbocycles. The summed E-state index contributed by atoms with van der Waals surface area (Å²) in [6, 6.07) is 9.89. The lowest BCUT2D eigenvalue weighted by molar-refractivity contribution is -0.141. The van der Waals surface area contributed by atoms with Gasteiger partial charge in [-0.05, 0) is 18.9 Å². The van der Waals surface area contributed by atoms with Gasteiger partial charge in [0.1, 0.15) is 6.61 Å². The Morgan fingerprint density at radius 3 is 2.74 bits per heavy atom. The van der Waals surface area contributed by atoms with Crippen molar-refractivity contribution < 1.29 is 19.4 Å². The summed E-state index contributed by atoms with van der Waals surface area (Å²) in [6.45, 7) is 3.15. The van der Waals surface area contributed by atoms with Gasteiger partial charge in [-0.2, -0.15) is 0 Å². The maximum absolute atomic E-state index is 12.3. The molecule has 0 radical (unpaired) electrons. The van der Waals surface area contributed by atoms with Crippen molar-refractivity contribution in [1.29, 1.82) is 0 Å². The molecule has 2 rings (SSSR count). The average Bonchev–Trinajstić information content (AvgIpc) is 2.70. The number of hydrogen-bond acceptors (Lipinski definition) is 4. The zero-order chi connectivity index (χ0) is 16.7. The molecular formula is C17H24N2O4. The third kappa shape index (κ3) is 5.33. The molecule has 126 valence electrons. The minimum atomic E-state index is -0.734. The van der Waals surface area contributed by atoms with Crippen molar-refractivity contribution in [3.63, 3.8) is 0 Å². The fraction of sp³-hybridized carbons (Fsp3) is 0.529. The van der Waals surface area contributed by atoms with Gasteiger partial charge < -0.3 is 19.6 Å². The number of β-amino-alcohol motifs (C(OH)–C–C–N with tert-alkyl or cyclic N) is 1. The number of aliphatic hydroxyl groups excluding tert-OH is 1. The van der Waals surface area contributed by atoms with E-state index in [9.17, 15) is 14.7 Å². The van der Waals surface area contributed by atoms with Crippen LogP contribution in [0.3, 0.4) is 0 Å². The van der Waals surface area contributed by atoms with E-state index in [2.05, 4.69) is 0 Å². The monoisotopic (exact) mass is 320 g/mol. The first-order valence-corrected chi connectivity index (χ1v) is 7.95. The third-order valence-corrected chi connectivity index (χ3v) is 3.84. The van der Waals surface area contributed by atoms with Crippen molar-refractivity contribution in [3.05, 3.63) is 35.9 Å². The zero-order valence-corrected chi connectivity index (χ0v) is 13.5. The van der Waals surface area contributed by atoms with E-state index in [-0.39, 0.29) is 38.1 Å². The molecule has 0 spiro atoms. The number of nitrogens with zero attached hydrogens (tertiary/aromatic N) is 2. The van der Waals surface area contributed by atoms with Crippen molar-refractivity contribution in [3.8, 4) is 0 Å². The standard InChI is InChI=1S/C17H24N2O4/c1-2-23-13-17(22)19-11-15(20)10-18(16(21)12-19)9-8-14-6-4-3-5-7-14/h3-7,15,20H,2,8-13H2,1H3.